The van der Waals surface area contributed by atoms with Crippen molar-refractivity contribution in [2.75, 3.05) is 13.2 Å². The SMILES string of the molecule is O=C(NCC1(CCO)CC1)c1cccn1CC(F)(F)F. The van der Waals surface area contributed by atoms with Crippen molar-refractivity contribution in [3.05, 3.63) is 24.0 Å². The normalized spacial score (nSPS) is 17.0. The molecule has 1 aliphatic rings. The number of alkyl halides is 3. The Bertz CT molecular complexity index is 478. The molecule has 1 aromatic heterocycles. The predicted octanol–water partition coefficient (Wildman–Crippen LogP) is 1.94. The molecule has 4 nitrogen and oxygen atoms in total. The van der Waals surface area contributed by atoms with Gasteiger partial charge in [-0.25, -0.2) is 0 Å². The number of halogens is 3. The Hall–Kier alpha value is -1.50. The lowest BCUT2D eigenvalue weighted by molar-refractivity contribution is -0.140. The first kappa shape index (κ1) is 14.9. The number of aliphatic hydroxyl groups is 1. The van der Waals surface area contributed by atoms with E-state index in [1.165, 1.54) is 18.3 Å². The number of rotatable bonds is 6. The van der Waals surface area contributed by atoms with Crippen LogP contribution in [0, 0.1) is 5.41 Å². The summed E-state index contributed by atoms with van der Waals surface area (Å²) in [5, 5.41) is 11.6. The molecule has 20 heavy (non-hydrogen) atoms. The minimum absolute atomic E-state index is 0.00197. The van der Waals surface area contributed by atoms with E-state index in [-0.39, 0.29) is 17.7 Å². The lowest BCUT2D eigenvalue weighted by Gasteiger charge is -2.16. The van der Waals surface area contributed by atoms with E-state index in [2.05, 4.69) is 5.32 Å². The number of nitrogens with zero attached hydrogens (tertiary/aromatic N) is 1. The van der Waals surface area contributed by atoms with Gasteiger partial charge in [0.1, 0.15) is 12.2 Å². The lowest BCUT2D eigenvalue weighted by atomic mass is 10.0. The molecule has 1 saturated carbocycles. The maximum absolute atomic E-state index is 12.4. The Balaban J connectivity index is 1.95. The molecule has 0 unspecified atom stereocenters. The average molecular weight is 290 g/mol. The van der Waals surface area contributed by atoms with Crippen molar-refractivity contribution in [2.45, 2.75) is 32.0 Å². The number of carbonyl (C=O) groups is 1. The number of hydrogen-bond donors (Lipinski definition) is 2. The molecule has 0 aliphatic heterocycles. The Morgan fingerprint density at radius 3 is 2.70 bits per heavy atom. The number of amides is 1. The molecule has 0 bridgehead atoms. The Morgan fingerprint density at radius 1 is 1.45 bits per heavy atom. The van der Waals surface area contributed by atoms with Gasteiger partial charge in [0.2, 0.25) is 0 Å². The third kappa shape index (κ3) is 3.75. The summed E-state index contributed by atoms with van der Waals surface area (Å²) >= 11 is 0. The zero-order valence-electron chi connectivity index (χ0n) is 10.9. The van der Waals surface area contributed by atoms with E-state index in [1.54, 1.807) is 0 Å². The largest absolute Gasteiger partial charge is 0.406 e. The number of nitrogens with one attached hydrogen (secondary N) is 1. The lowest BCUT2D eigenvalue weighted by Crippen LogP contribution is -2.33. The fraction of sp³-hybridized carbons (Fsp3) is 0.615. The number of hydrogen-bond acceptors (Lipinski definition) is 2. The summed E-state index contributed by atoms with van der Waals surface area (Å²) in [4.78, 5) is 11.9. The molecule has 0 aromatic carbocycles. The smallest absolute Gasteiger partial charge is 0.396 e. The van der Waals surface area contributed by atoms with Crippen LogP contribution < -0.4 is 5.32 Å². The summed E-state index contributed by atoms with van der Waals surface area (Å²) in [5.74, 6) is -0.511. The molecule has 1 aromatic rings. The summed E-state index contributed by atoms with van der Waals surface area (Å²) in [5.41, 5.74) is -0.0617. The standard InChI is InChI=1S/C13H17F3N2O2/c14-13(15,16)9-18-6-1-2-10(18)11(20)17-8-12(3-4-12)5-7-19/h1-2,6,19H,3-5,7-9H2,(H,17,20). The first-order valence-corrected chi connectivity index (χ1v) is 6.46. The summed E-state index contributed by atoms with van der Waals surface area (Å²) in [6, 6.07) is 2.79. The summed E-state index contributed by atoms with van der Waals surface area (Å²) in [6.45, 7) is -0.728. The van der Waals surface area contributed by atoms with Crippen LogP contribution in [0.15, 0.2) is 18.3 Å². The van der Waals surface area contributed by atoms with Crippen LogP contribution in [0.25, 0.3) is 0 Å². The van der Waals surface area contributed by atoms with Gasteiger partial charge in [0.05, 0.1) is 0 Å². The van der Waals surface area contributed by atoms with Gasteiger partial charge < -0.3 is 15.0 Å². The Kier molecular flexibility index (Phi) is 4.08. The van der Waals surface area contributed by atoms with Crippen LogP contribution in [0.5, 0.6) is 0 Å². The van der Waals surface area contributed by atoms with Crippen LogP contribution in [0.4, 0.5) is 13.2 Å². The highest BCUT2D eigenvalue weighted by molar-refractivity contribution is 5.92. The molecule has 0 spiro atoms. The van der Waals surface area contributed by atoms with Gasteiger partial charge in [-0.3, -0.25) is 4.79 Å². The van der Waals surface area contributed by atoms with Gasteiger partial charge in [-0.2, -0.15) is 13.2 Å². The van der Waals surface area contributed by atoms with E-state index >= 15 is 0 Å². The van der Waals surface area contributed by atoms with Crippen LogP contribution in [-0.4, -0.2) is 34.9 Å². The van der Waals surface area contributed by atoms with Crippen LogP contribution in [0.1, 0.15) is 29.8 Å². The van der Waals surface area contributed by atoms with E-state index in [0.29, 0.717) is 13.0 Å². The highest BCUT2D eigenvalue weighted by Crippen LogP contribution is 2.47. The van der Waals surface area contributed by atoms with Gasteiger partial charge in [-0.15, -0.1) is 0 Å². The first-order chi connectivity index (χ1) is 9.35. The van der Waals surface area contributed by atoms with Gasteiger partial charge in [0.25, 0.3) is 5.91 Å². The summed E-state index contributed by atoms with van der Waals surface area (Å²) in [6.07, 6.45) is -0.655. The highest BCUT2D eigenvalue weighted by Gasteiger charge is 2.42. The summed E-state index contributed by atoms with van der Waals surface area (Å²) in [7, 11) is 0. The topological polar surface area (TPSA) is 54.3 Å². The van der Waals surface area contributed by atoms with Gasteiger partial charge in [-0.1, -0.05) is 0 Å². The summed E-state index contributed by atoms with van der Waals surface area (Å²) < 4.78 is 38.0. The van der Waals surface area contributed by atoms with Crippen LogP contribution in [0.2, 0.25) is 0 Å². The van der Waals surface area contributed by atoms with Crippen molar-refractivity contribution in [1.82, 2.24) is 9.88 Å². The Labute approximate surface area is 114 Å². The number of carbonyl (C=O) groups excluding carboxylic acids is 1. The maximum Gasteiger partial charge on any atom is 0.406 e. The first-order valence-electron chi connectivity index (χ1n) is 6.46. The third-order valence-electron chi connectivity index (χ3n) is 3.63. The van der Waals surface area contributed by atoms with Gasteiger partial charge >= 0.3 is 6.18 Å². The Morgan fingerprint density at radius 2 is 2.15 bits per heavy atom. The molecule has 112 valence electrons. The van der Waals surface area contributed by atoms with Crippen molar-refractivity contribution in [1.29, 1.82) is 0 Å². The van der Waals surface area contributed by atoms with Crippen molar-refractivity contribution in [2.24, 2.45) is 5.41 Å². The van der Waals surface area contributed by atoms with Crippen LogP contribution in [-0.2, 0) is 6.54 Å². The molecule has 2 rings (SSSR count). The fourth-order valence-electron chi connectivity index (χ4n) is 2.24. The van der Waals surface area contributed by atoms with E-state index < -0.39 is 18.6 Å². The van der Waals surface area contributed by atoms with E-state index in [1.807, 2.05) is 0 Å². The second-order valence-corrected chi connectivity index (χ2v) is 5.29. The fourth-order valence-corrected chi connectivity index (χ4v) is 2.24. The van der Waals surface area contributed by atoms with Gasteiger partial charge in [0, 0.05) is 19.3 Å². The zero-order chi connectivity index (χ0) is 14.8. The number of aliphatic hydroxyl groups excluding tert-OH is 1. The average Bonchev–Trinajstić information content (AvgIpc) is 2.96. The van der Waals surface area contributed by atoms with Crippen molar-refractivity contribution in [3.8, 4) is 0 Å². The van der Waals surface area contributed by atoms with Crippen molar-refractivity contribution < 1.29 is 23.1 Å². The van der Waals surface area contributed by atoms with Gasteiger partial charge in [-0.05, 0) is 36.8 Å². The van der Waals surface area contributed by atoms with E-state index in [9.17, 15) is 18.0 Å². The van der Waals surface area contributed by atoms with Crippen molar-refractivity contribution in [3.63, 3.8) is 0 Å². The molecule has 7 heteroatoms. The second kappa shape index (κ2) is 5.47. The third-order valence-corrected chi connectivity index (χ3v) is 3.63. The molecule has 1 fully saturated rings. The minimum atomic E-state index is -4.36. The second-order valence-electron chi connectivity index (χ2n) is 5.29. The quantitative estimate of drug-likeness (QED) is 0.841. The van der Waals surface area contributed by atoms with Crippen molar-refractivity contribution >= 4 is 5.91 Å². The minimum Gasteiger partial charge on any atom is -0.396 e. The zero-order valence-corrected chi connectivity index (χ0v) is 10.9. The highest BCUT2D eigenvalue weighted by atomic mass is 19.4. The molecule has 1 aliphatic carbocycles. The predicted molar refractivity (Wildman–Crippen MR) is 66.2 cm³/mol. The molecule has 2 N–H and O–H groups in total. The van der Waals surface area contributed by atoms with Gasteiger partial charge in [0.15, 0.2) is 0 Å². The molecule has 1 amide bonds. The van der Waals surface area contributed by atoms with Crippen LogP contribution >= 0.6 is 0 Å². The molecule has 1 heterocycles. The monoisotopic (exact) mass is 290 g/mol. The van der Waals surface area contributed by atoms with Crippen LogP contribution in [0.3, 0.4) is 0 Å². The number of aromatic nitrogens is 1. The molecular weight excluding hydrogens is 273 g/mol. The molecule has 0 saturated heterocycles. The van der Waals surface area contributed by atoms with E-state index in [4.69, 9.17) is 5.11 Å². The molecule has 0 radical (unpaired) electrons. The maximum atomic E-state index is 12.4. The molecular formula is C13H17F3N2O2. The van der Waals surface area contributed by atoms with E-state index in [0.717, 1.165) is 17.4 Å². The molecule has 0 atom stereocenters.